The van der Waals surface area contributed by atoms with E-state index in [2.05, 4.69) is 5.32 Å². The zero-order valence-electron chi connectivity index (χ0n) is 16.2. The van der Waals surface area contributed by atoms with Gasteiger partial charge >= 0.3 is 0 Å². The third kappa shape index (κ3) is 3.68. The molecule has 2 aromatic carbocycles. The van der Waals surface area contributed by atoms with Crippen LogP contribution in [0.2, 0.25) is 0 Å². The number of hydrogen-bond acceptors (Lipinski definition) is 5. The molecule has 2 saturated heterocycles. The lowest BCUT2D eigenvalue weighted by molar-refractivity contribution is 0.0761. The molecule has 6 heteroatoms. The number of benzene rings is 1. The lowest BCUT2D eigenvalue weighted by atomic mass is 10.1. The van der Waals surface area contributed by atoms with Crippen LogP contribution in [0.25, 0.3) is 0 Å². The highest BCUT2D eigenvalue weighted by Crippen LogP contribution is 2.24. The summed E-state index contributed by atoms with van der Waals surface area (Å²) in [5.41, 5.74) is 1.88. The molecule has 1 amide bonds. The maximum Gasteiger partial charge on any atom is 0.253 e. The van der Waals surface area contributed by atoms with Gasteiger partial charge < -0.3 is 15.1 Å². The molecule has 0 atom stereocenters. The van der Waals surface area contributed by atoms with Gasteiger partial charge in [0.15, 0.2) is 0 Å². The third-order valence-electron chi connectivity index (χ3n) is 5.87. The summed E-state index contributed by atoms with van der Waals surface area (Å²) in [7, 11) is 0. The summed E-state index contributed by atoms with van der Waals surface area (Å²) in [5.74, 6) is 0.0974. The molecule has 2 aliphatic heterocycles. The van der Waals surface area contributed by atoms with Gasteiger partial charge in [-0.1, -0.05) is 25.0 Å². The van der Waals surface area contributed by atoms with Gasteiger partial charge in [-0.2, -0.15) is 0 Å². The Morgan fingerprint density at radius 1 is 0.821 bits per heavy atom. The van der Waals surface area contributed by atoms with Crippen LogP contribution in [0, 0.1) is 0 Å². The van der Waals surface area contributed by atoms with Crippen LogP contribution in [-0.2, 0) is 6.54 Å². The molecule has 0 aliphatic carbocycles. The Morgan fingerprint density at radius 3 is 2.07 bits per heavy atom. The number of rotatable bonds is 5. The minimum absolute atomic E-state index is 0.0974. The fourth-order valence-corrected chi connectivity index (χ4v) is 4.20. The molecular formula is C22H27N3O3. The fraction of sp³-hybridized carbons (Fsp3) is 0.500. The van der Waals surface area contributed by atoms with Gasteiger partial charge in [-0.25, -0.2) is 0 Å². The van der Waals surface area contributed by atoms with Crippen molar-refractivity contribution in [3.63, 3.8) is 0 Å². The molecule has 148 valence electrons. The van der Waals surface area contributed by atoms with Crippen LogP contribution in [0.4, 0.5) is 11.4 Å². The first-order valence-electron chi connectivity index (χ1n) is 10.4. The standard InChI is InChI=1S/C22H27N3O3/c26-20-18(19(21(20)27)24-11-5-6-12-24)23-15-16-7-9-17(10-8-16)22(28)25-13-3-1-2-4-14-25/h7-10,23H,1-6,11-15H2. The Hall–Kier alpha value is -2.63. The number of hydrogen-bond donors (Lipinski definition) is 1. The predicted molar refractivity (Wildman–Crippen MR) is 111 cm³/mol. The van der Waals surface area contributed by atoms with Gasteiger partial charge in [-0.05, 0) is 43.4 Å². The van der Waals surface area contributed by atoms with Gasteiger partial charge in [-0.15, -0.1) is 0 Å². The van der Waals surface area contributed by atoms with Crippen LogP contribution in [0.3, 0.4) is 0 Å². The molecule has 0 unspecified atom stereocenters. The molecular weight excluding hydrogens is 354 g/mol. The second-order valence-electron chi connectivity index (χ2n) is 7.83. The van der Waals surface area contributed by atoms with Gasteiger partial charge in [0, 0.05) is 38.3 Å². The van der Waals surface area contributed by atoms with E-state index in [1.54, 1.807) is 0 Å². The van der Waals surface area contributed by atoms with E-state index in [4.69, 9.17) is 0 Å². The zero-order chi connectivity index (χ0) is 19.5. The smallest absolute Gasteiger partial charge is 0.253 e. The number of nitrogens with one attached hydrogen (secondary N) is 1. The average molecular weight is 381 g/mol. The monoisotopic (exact) mass is 381 g/mol. The summed E-state index contributed by atoms with van der Waals surface area (Å²) in [6.45, 7) is 3.82. The maximum absolute atomic E-state index is 12.7. The summed E-state index contributed by atoms with van der Waals surface area (Å²) < 4.78 is 0. The summed E-state index contributed by atoms with van der Waals surface area (Å²) >= 11 is 0. The second kappa shape index (κ2) is 8.17. The van der Waals surface area contributed by atoms with Crippen molar-refractivity contribution in [2.75, 3.05) is 36.4 Å². The molecule has 2 aromatic rings. The number of amides is 1. The Balaban J connectivity index is 1.39. The lowest BCUT2D eigenvalue weighted by Gasteiger charge is -2.22. The molecule has 0 bridgehead atoms. The van der Waals surface area contributed by atoms with E-state index >= 15 is 0 Å². The minimum Gasteiger partial charge on any atom is -0.376 e. The quantitative estimate of drug-likeness (QED) is 0.806. The van der Waals surface area contributed by atoms with E-state index in [0.717, 1.165) is 57.4 Å². The average Bonchev–Trinajstić information content (AvgIpc) is 3.10. The van der Waals surface area contributed by atoms with Gasteiger partial charge in [0.1, 0.15) is 11.4 Å². The van der Waals surface area contributed by atoms with E-state index in [0.29, 0.717) is 23.5 Å². The third-order valence-corrected chi connectivity index (χ3v) is 5.87. The number of anilines is 2. The topological polar surface area (TPSA) is 69.7 Å². The molecule has 0 saturated carbocycles. The maximum atomic E-state index is 12.7. The van der Waals surface area contributed by atoms with E-state index < -0.39 is 5.43 Å². The van der Waals surface area contributed by atoms with Crippen LogP contribution >= 0.6 is 0 Å². The molecule has 2 heterocycles. The SMILES string of the molecule is O=C(c1ccc(CNc2c(N3CCCC3)c(=O)c2=O)cc1)N1CCCCCC1. The van der Waals surface area contributed by atoms with Crippen molar-refractivity contribution in [2.45, 2.75) is 45.1 Å². The largest absolute Gasteiger partial charge is 0.376 e. The second-order valence-corrected chi connectivity index (χ2v) is 7.83. The highest BCUT2D eigenvalue weighted by atomic mass is 16.2. The summed E-state index contributed by atoms with van der Waals surface area (Å²) in [6, 6.07) is 7.54. The number of carbonyl (C=O) groups is 1. The predicted octanol–water partition coefficient (Wildman–Crippen LogP) is 2.51. The molecule has 1 N–H and O–H groups in total. The zero-order valence-corrected chi connectivity index (χ0v) is 16.2. The molecule has 6 nitrogen and oxygen atoms in total. The number of carbonyl (C=O) groups excluding carboxylic acids is 1. The Morgan fingerprint density at radius 2 is 1.43 bits per heavy atom. The number of likely N-dealkylation sites (tertiary alicyclic amines) is 1. The molecule has 2 aliphatic rings. The normalized spacial score (nSPS) is 17.7. The van der Waals surface area contributed by atoms with Gasteiger partial charge in [0.25, 0.3) is 16.8 Å². The van der Waals surface area contributed by atoms with E-state index in [9.17, 15) is 14.4 Å². The van der Waals surface area contributed by atoms with Crippen molar-refractivity contribution < 1.29 is 4.79 Å². The Kier molecular flexibility index (Phi) is 5.46. The molecule has 4 rings (SSSR count). The van der Waals surface area contributed by atoms with E-state index in [1.807, 2.05) is 34.1 Å². The van der Waals surface area contributed by atoms with Gasteiger partial charge in [-0.3, -0.25) is 14.4 Å². The van der Waals surface area contributed by atoms with Crippen molar-refractivity contribution in [1.82, 2.24) is 4.90 Å². The molecule has 0 aromatic heterocycles. The van der Waals surface area contributed by atoms with Crippen molar-refractivity contribution >= 4 is 17.3 Å². The first kappa shape index (κ1) is 18.7. The first-order valence-corrected chi connectivity index (χ1v) is 10.4. The van der Waals surface area contributed by atoms with Crippen molar-refractivity contribution in [1.29, 1.82) is 0 Å². The molecule has 0 spiro atoms. The van der Waals surface area contributed by atoms with Crippen LogP contribution in [-0.4, -0.2) is 37.0 Å². The summed E-state index contributed by atoms with van der Waals surface area (Å²) in [5, 5.41) is 3.14. The lowest BCUT2D eigenvalue weighted by Crippen LogP contribution is -2.41. The molecule has 28 heavy (non-hydrogen) atoms. The highest BCUT2D eigenvalue weighted by molar-refractivity contribution is 5.94. The highest BCUT2D eigenvalue weighted by Gasteiger charge is 2.27. The van der Waals surface area contributed by atoms with Crippen LogP contribution < -0.4 is 21.1 Å². The van der Waals surface area contributed by atoms with Gasteiger partial charge in [0.2, 0.25) is 0 Å². The summed E-state index contributed by atoms with van der Waals surface area (Å²) in [6.07, 6.45) is 6.68. The van der Waals surface area contributed by atoms with E-state index in [-0.39, 0.29) is 11.3 Å². The van der Waals surface area contributed by atoms with Crippen LogP contribution in [0.15, 0.2) is 33.9 Å². The Labute approximate surface area is 164 Å². The van der Waals surface area contributed by atoms with Crippen molar-refractivity contribution in [3.05, 3.63) is 55.8 Å². The van der Waals surface area contributed by atoms with Crippen LogP contribution in [0.5, 0.6) is 0 Å². The molecule has 0 radical (unpaired) electrons. The van der Waals surface area contributed by atoms with Crippen molar-refractivity contribution in [3.8, 4) is 0 Å². The van der Waals surface area contributed by atoms with Crippen molar-refractivity contribution in [2.24, 2.45) is 0 Å². The van der Waals surface area contributed by atoms with E-state index in [1.165, 1.54) is 12.8 Å². The van der Waals surface area contributed by atoms with Gasteiger partial charge in [0.05, 0.1) is 0 Å². The Bertz CT molecular complexity index is 898. The first-order chi connectivity index (χ1) is 13.6. The molecule has 2 fully saturated rings. The van der Waals surface area contributed by atoms with Crippen LogP contribution in [0.1, 0.15) is 54.4 Å². The summed E-state index contributed by atoms with van der Waals surface area (Å²) in [4.78, 5) is 40.5. The fourth-order valence-electron chi connectivity index (χ4n) is 4.20. The minimum atomic E-state index is -0.421. The number of nitrogens with zero attached hydrogens (tertiary/aromatic N) is 2.